The normalized spacial score (nSPS) is 11.8. The molecule has 1 rings (SSSR count). The van der Waals surface area contributed by atoms with Gasteiger partial charge in [-0.3, -0.25) is 4.79 Å². The number of nitrogens with zero attached hydrogens (tertiary/aromatic N) is 2. The Balaban J connectivity index is 2.59. The quantitative estimate of drug-likeness (QED) is 0.478. The number of nitrogens with one attached hydrogen (secondary N) is 1. The highest BCUT2D eigenvalue weighted by molar-refractivity contribution is 5.94. The molecule has 90 valence electrons. The molecule has 1 N–H and O–H groups in total. The Bertz CT molecular complexity index is 450. The van der Waals surface area contributed by atoms with Crippen molar-refractivity contribution >= 4 is 12.1 Å². The molecule has 4 heteroatoms. The molecule has 1 aromatic rings. The fourth-order valence-electron chi connectivity index (χ4n) is 1.35. The van der Waals surface area contributed by atoms with Gasteiger partial charge in [-0.2, -0.15) is 5.10 Å². The fourth-order valence-corrected chi connectivity index (χ4v) is 1.35. The number of hydrogen-bond donors (Lipinski definition) is 1. The van der Waals surface area contributed by atoms with Crippen LogP contribution in [0.5, 0.6) is 0 Å². The first-order chi connectivity index (χ1) is 8.13. The molecule has 0 fully saturated rings. The number of hydrazone groups is 1. The van der Waals surface area contributed by atoms with Crippen LogP contribution in [0.4, 0.5) is 0 Å². The lowest BCUT2D eigenvalue weighted by Gasteiger charge is -1.97. The van der Waals surface area contributed by atoms with Gasteiger partial charge in [0.25, 0.3) is 5.91 Å². The second-order valence-corrected chi connectivity index (χ2v) is 3.81. The molecule has 0 saturated heterocycles. The van der Waals surface area contributed by atoms with E-state index in [-0.39, 0.29) is 5.91 Å². The molecule has 0 aliphatic carbocycles. The highest BCUT2D eigenvalue weighted by atomic mass is 16.2. The maximum Gasteiger partial charge on any atom is 0.277 e. The van der Waals surface area contributed by atoms with Gasteiger partial charge >= 0.3 is 0 Å². The van der Waals surface area contributed by atoms with Crippen molar-refractivity contribution in [1.82, 2.24) is 5.43 Å². The van der Waals surface area contributed by atoms with Gasteiger partial charge in [0.1, 0.15) is 12.6 Å². The van der Waals surface area contributed by atoms with Crippen LogP contribution in [0.15, 0.2) is 41.3 Å². The summed E-state index contributed by atoms with van der Waals surface area (Å²) in [5.74, 6) is -0.207. The topological polar surface area (TPSA) is 45.3 Å². The molecule has 0 saturated carbocycles. The fraction of sp³-hybridized carbons (Fsp3) is 0.308. The zero-order valence-corrected chi connectivity index (χ0v) is 10.5. The third kappa shape index (κ3) is 4.59. The lowest BCUT2D eigenvalue weighted by molar-refractivity contribution is -0.671. The third-order valence-corrected chi connectivity index (χ3v) is 2.16. The molecule has 4 nitrogen and oxygen atoms in total. The summed E-state index contributed by atoms with van der Waals surface area (Å²) in [6.07, 6.45) is 8.26. The van der Waals surface area contributed by atoms with Crippen LogP contribution in [-0.2, 0) is 7.05 Å². The van der Waals surface area contributed by atoms with Crippen molar-refractivity contribution in [2.75, 3.05) is 0 Å². The molecule has 1 aromatic heterocycles. The van der Waals surface area contributed by atoms with Crippen molar-refractivity contribution in [3.05, 3.63) is 41.7 Å². The summed E-state index contributed by atoms with van der Waals surface area (Å²) in [5, 5.41) is 3.89. The Morgan fingerprint density at radius 2 is 2.35 bits per heavy atom. The minimum absolute atomic E-state index is 0.207. The number of pyridine rings is 1. The zero-order chi connectivity index (χ0) is 12.7. The van der Waals surface area contributed by atoms with Gasteiger partial charge in [-0.05, 0) is 25.0 Å². The van der Waals surface area contributed by atoms with Crippen LogP contribution in [0.3, 0.4) is 0 Å². The van der Waals surface area contributed by atoms with E-state index in [1.54, 1.807) is 18.5 Å². The summed E-state index contributed by atoms with van der Waals surface area (Å²) < 4.78 is 1.82. The van der Waals surface area contributed by atoms with E-state index < -0.39 is 0 Å². The molecule has 0 bridgehead atoms. The first-order valence-electron chi connectivity index (χ1n) is 5.59. The number of rotatable bonds is 4. The van der Waals surface area contributed by atoms with E-state index in [4.69, 9.17) is 0 Å². The maximum absolute atomic E-state index is 11.7. The standard InChI is InChI=1S/C13H17N3O/c1-4-6-11(2)9-14-15-13(17)12-7-5-8-16(3)10-12/h5-10H,4H2,1-3H3/p+1/b11-6+,14-9+. The molecule has 0 atom stereocenters. The predicted octanol–water partition coefficient (Wildman–Crippen LogP) is 1.58. The highest BCUT2D eigenvalue weighted by Gasteiger charge is 2.06. The summed E-state index contributed by atoms with van der Waals surface area (Å²) in [7, 11) is 1.87. The molecule has 17 heavy (non-hydrogen) atoms. The van der Waals surface area contributed by atoms with Crippen molar-refractivity contribution in [2.24, 2.45) is 12.1 Å². The van der Waals surface area contributed by atoms with Crippen LogP contribution in [0.1, 0.15) is 30.6 Å². The number of amides is 1. The first-order valence-corrected chi connectivity index (χ1v) is 5.59. The van der Waals surface area contributed by atoms with E-state index in [2.05, 4.69) is 17.5 Å². The summed E-state index contributed by atoms with van der Waals surface area (Å²) in [6, 6.07) is 3.57. The van der Waals surface area contributed by atoms with Crippen LogP contribution < -0.4 is 9.99 Å². The Labute approximate surface area is 102 Å². The van der Waals surface area contributed by atoms with Crippen LogP contribution in [0, 0.1) is 0 Å². The molecular weight excluding hydrogens is 214 g/mol. The second-order valence-electron chi connectivity index (χ2n) is 3.81. The van der Waals surface area contributed by atoms with Crippen molar-refractivity contribution in [1.29, 1.82) is 0 Å². The molecular formula is C13H18N3O+. The summed E-state index contributed by atoms with van der Waals surface area (Å²) in [6.45, 7) is 4.00. The zero-order valence-electron chi connectivity index (χ0n) is 10.5. The smallest absolute Gasteiger partial charge is 0.267 e. The average Bonchev–Trinajstić information content (AvgIpc) is 2.29. The maximum atomic E-state index is 11.7. The number of allylic oxidation sites excluding steroid dienone is 2. The van der Waals surface area contributed by atoms with Gasteiger partial charge in [-0.25, -0.2) is 9.99 Å². The van der Waals surface area contributed by atoms with Crippen LogP contribution in [0.25, 0.3) is 0 Å². The average molecular weight is 232 g/mol. The monoisotopic (exact) mass is 232 g/mol. The summed E-state index contributed by atoms with van der Waals surface area (Å²) in [5.41, 5.74) is 4.11. The largest absolute Gasteiger partial charge is 0.277 e. The second kappa shape index (κ2) is 6.58. The molecule has 0 aliphatic rings. The van der Waals surface area contributed by atoms with E-state index in [9.17, 15) is 4.79 Å². The number of aromatic nitrogens is 1. The van der Waals surface area contributed by atoms with Gasteiger partial charge in [0.2, 0.25) is 0 Å². The SMILES string of the molecule is CC/C=C(C)/C=N/NC(=O)c1ccc[n+](C)c1. The van der Waals surface area contributed by atoms with Crippen LogP contribution in [-0.4, -0.2) is 12.1 Å². The summed E-state index contributed by atoms with van der Waals surface area (Å²) >= 11 is 0. The molecule has 1 heterocycles. The Morgan fingerprint density at radius 1 is 1.59 bits per heavy atom. The van der Waals surface area contributed by atoms with E-state index in [1.807, 2.05) is 36.9 Å². The predicted molar refractivity (Wildman–Crippen MR) is 67.6 cm³/mol. The van der Waals surface area contributed by atoms with Gasteiger partial charge < -0.3 is 0 Å². The number of aryl methyl sites for hydroxylation is 1. The molecule has 0 unspecified atom stereocenters. The lowest BCUT2D eigenvalue weighted by atomic mass is 10.3. The Kier molecular flexibility index (Phi) is 5.07. The lowest BCUT2D eigenvalue weighted by Crippen LogP contribution is -2.29. The van der Waals surface area contributed by atoms with Crippen molar-refractivity contribution in [3.8, 4) is 0 Å². The van der Waals surface area contributed by atoms with E-state index in [0.29, 0.717) is 5.56 Å². The summed E-state index contributed by atoms with van der Waals surface area (Å²) in [4.78, 5) is 11.7. The van der Waals surface area contributed by atoms with Gasteiger partial charge in [-0.1, -0.05) is 13.0 Å². The number of hydrogen-bond acceptors (Lipinski definition) is 2. The van der Waals surface area contributed by atoms with Gasteiger partial charge in [0.05, 0.1) is 0 Å². The molecule has 0 radical (unpaired) electrons. The number of carbonyl (C=O) groups is 1. The van der Waals surface area contributed by atoms with Crippen LogP contribution in [0.2, 0.25) is 0 Å². The van der Waals surface area contributed by atoms with Gasteiger partial charge in [0, 0.05) is 12.3 Å². The highest BCUT2D eigenvalue weighted by Crippen LogP contribution is 1.94. The van der Waals surface area contributed by atoms with E-state index in [0.717, 1.165) is 12.0 Å². The first kappa shape index (κ1) is 13.1. The van der Waals surface area contributed by atoms with E-state index in [1.165, 1.54) is 0 Å². The Morgan fingerprint density at radius 3 is 3.00 bits per heavy atom. The van der Waals surface area contributed by atoms with Crippen molar-refractivity contribution < 1.29 is 9.36 Å². The molecule has 0 aliphatic heterocycles. The Hall–Kier alpha value is -1.97. The van der Waals surface area contributed by atoms with Crippen LogP contribution >= 0.6 is 0 Å². The molecule has 0 spiro atoms. The minimum atomic E-state index is -0.207. The van der Waals surface area contributed by atoms with Crippen molar-refractivity contribution in [3.63, 3.8) is 0 Å². The third-order valence-electron chi connectivity index (χ3n) is 2.16. The molecule has 0 aromatic carbocycles. The van der Waals surface area contributed by atoms with Crippen molar-refractivity contribution in [2.45, 2.75) is 20.3 Å². The minimum Gasteiger partial charge on any atom is -0.267 e. The molecule has 1 amide bonds. The van der Waals surface area contributed by atoms with E-state index >= 15 is 0 Å². The number of carbonyl (C=O) groups excluding carboxylic acids is 1. The van der Waals surface area contributed by atoms with Gasteiger partial charge in [-0.15, -0.1) is 0 Å². The van der Waals surface area contributed by atoms with Gasteiger partial charge in [0.15, 0.2) is 12.4 Å².